The molecule has 2 aromatic carbocycles. The Bertz CT molecular complexity index is 583. The highest BCUT2D eigenvalue weighted by atomic mass is 16.5. The third kappa shape index (κ3) is 3.60. The lowest BCUT2D eigenvalue weighted by Gasteiger charge is -2.09. The minimum Gasteiger partial charge on any atom is -0.465 e. The molecular formula is C17H19NO2. The molecule has 2 rings (SSSR count). The van der Waals surface area contributed by atoms with Crippen LogP contribution in [0.2, 0.25) is 0 Å². The van der Waals surface area contributed by atoms with Gasteiger partial charge in [-0.25, -0.2) is 4.79 Å². The van der Waals surface area contributed by atoms with Crippen LogP contribution in [0.5, 0.6) is 0 Å². The van der Waals surface area contributed by atoms with Gasteiger partial charge in [0.2, 0.25) is 0 Å². The maximum absolute atomic E-state index is 11.3. The molecule has 3 heteroatoms. The molecule has 0 fully saturated rings. The monoisotopic (exact) mass is 269 g/mol. The molecule has 0 spiro atoms. The molecule has 0 atom stereocenters. The standard InChI is InChI=1S/C17H19NO2/c1-12-8-13(2)10-16(9-12)18-11-14-4-6-15(7-5-14)17(19)20-3/h4-10,18H,11H2,1-3H3. The van der Waals surface area contributed by atoms with E-state index in [1.165, 1.54) is 18.2 Å². The van der Waals surface area contributed by atoms with Crippen molar-refractivity contribution in [3.05, 3.63) is 64.7 Å². The summed E-state index contributed by atoms with van der Waals surface area (Å²) in [5.74, 6) is -0.307. The van der Waals surface area contributed by atoms with Gasteiger partial charge in [-0.05, 0) is 54.8 Å². The first-order chi connectivity index (χ1) is 9.58. The fourth-order valence-electron chi connectivity index (χ4n) is 2.16. The molecule has 3 nitrogen and oxygen atoms in total. The number of rotatable bonds is 4. The van der Waals surface area contributed by atoms with E-state index >= 15 is 0 Å². The Kier molecular flexibility index (Phi) is 4.41. The summed E-state index contributed by atoms with van der Waals surface area (Å²) in [6.45, 7) is 4.90. The molecule has 0 aliphatic heterocycles. The number of hydrogen-bond acceptors (Lipinski definition) is 3. The van der Waals surface area contributed by atoms with Crippen molar-refractivity contribution < 1.29 is 9.53 Å². The average molecular weight is 269 g/mol. The van der Waals surface area contributed by atoms with Gasteiger partial charge in [0, 0.05) is 12.2 Å². The highest BCUT2D eigenvalue weighted by Crippen LogP contribution is 2.15. The summed E-state index contributed by atoms with van der Waals surface area (Å²) in [6.07, 6.45) is 0. The van der Waals surface area contributed by atoms with E-state index in [1.54, 1.807) is 12.1 Å². The topological polar surface area (TPSA) is 38.3 Å². The third-order valence-electron chi connectivity index (χ3n) is 3.09. The van der Waals surface area contributed by atoms with Crippen LogP contribution in [0.3, 0.4) is 0 Å². The van der Waals surface area contributed by atoms with Gasteiger partial charge in [-0.1, -0.05) is 18.2 Å². The molecule has 1 N–H and O–H groups in total. The van der Waals surface area contributed by atoms with E-state index in [0.717, 1.165) is 17.8 Å². The van der Waals surface area contributed by atoms with Gasteiger partial charge in [0.1, 0.15) is 0 Å². The molecule has 0 saturated heterocycles. The Morgan fingerprint density at radius 3 is 2.20 bits per heavy atom. The predicted octanol–water partition coefficient (Wildman–Crippen LogP) is 3.70. The van der Waals surface area contributed by atoms with Crippen molar-refractivity contribution in [2.45, 2.75) is 20.4 Å². The number of ether oxygens (including phenoxy) is 1. The minimum absolute atomic E-state index is 0.307. The number of anilines is 1. The van der Waals surface area contributed by atoms with Crippen LogP contribution in [0, 0.1) is 13.8 Å². The van der Waals surface area contributed by atoms with Crippen LogP contribution in [0.15, 0.2) is 42.5 Å². The van der Waals surface area contributed by atoms with Crippen LogP contribution < -0.4 is 5.32 Å². The highest BCUT2D eigenvalue weighted by molar-refractivity contribution is 5.89. The molecule has 104 valence electrons. The van der Waals surface area contributed by atoms with E-state index in [-0.39, 0.29) is 5.97 Å². The maximum atomic E-state index is 11.3. The number of carbonyl (C=O) groups excluding carboxylic acids is 1. The zero-order chi connectivity index (χ0) is 14.5. The van der Waals surface area contributed by atoms with Gasteiger partial charge in [0.25, 0.3) is 0 Å². The summed E-state index contributed by atoms with van der Waals surface area (Å²) < 4.78 is 4.68. The average Bonchev–Trinajstić information content (AvgIpc) is 2.44. The number of esters is 1. The van der Waals surface area contributed by atoms with E-state index in [1.807, 2.05) is 12.1 Å². The normalized spacial score (nSPS) is 10.2. The van der Waals surface area contributed by atoms with Gasteiger partial charge in [0.05, 0.1) is 12.7 Å². The SMILES string of the molecule is COC(=O)c1ccc(CNc2cc(C)cc(C)c2)cc1. The van der Waals surface area contributed by atoms with Crippen LogP contribution in [0.1, 0.15) is 27.0 Å². The van der Waals surface area contributed by atoms with Crippen LogP contribution in [0.25, 0.3) is 0 Å². The first-order valence-corrected chi connectivity index (χ1v) is 6.58. The van der Waals surface area contributed by atoms with Crippen LogP contribution in [0.4, 0.5) is 5.69 Å². The predicted molar refractivity (Wildman–Crippen MR) is 81.0 cm³/mol. The van der Waals surface area contributed by atoms with E-state index in [9.17, 15) is 4.79 Å². The van der Waals surface area contributed by atoms with E-state index < -0.39 is 0 Å². The lowest BCUT2D eigenvalue weighted by molar-refractivity contribution is 0.0600. The van der Waals surface area contributed by atoms with Crippen LogP contribution in [-0.2, 0) is 11.3 Å². The zero-order valence-electron chi connectivity index (χ0n) is 12.1. The quantitative estimate of drug-likeness (QED) is 0.860. The van der Waals surface area contributed by atoms with Gasteiger partial charge in [0.15, 0.2) is 0 Å². The largest absolute Gasteiger partial charge is 0.465 e. The Hall–Kier alpha value is -2.29. The number of aryl methyl sites for hydroxylation is 2. The summed E-state index contributed by atoms with van der Waals surface area (Å²) in [5.41, 5.74) is 5.29. The molecule has 0 unspecified atom stereocenters. The molecule has 0 aliphatic carbocycles. The van der Waals surface area contributed by atoms with Crippen molar-refractivity contribution in [2.24, 2.45) is 0 Å². The van der Waals surface area contributed by atoms with Gasteiger partial charge >= 0.3 is 5.97 Å². The molecule has 0 bridgehead atoms. The number of benzene rings is 2. The first kappa shape index (κ1) is 14.1. The Balaban J connectivity index is 2.02. The molecule has 0 aromatic heterocycles. The molecule has 0 radical (unpaired) electrons. The van der Waals surface area contributed by atoms with Crippen molar-refractivity contribution in [2.75, 3.05) is 12.4 Å². The lowest BCUT2D eigenvalue weighted by Crippen LogP contribution is -2.03. The summed E-state index contributed by atoms with van der Waals surface area (Å²) in [5, 5.41) is 3.39. The van der Waals surface area contributed by atoms with Gasteiger partial charge in [-0.15, -0.1) is 0 Å². The van der Waals surface area contributed by atoms with Crippen molar-refractivity contribution in [1.82, 2.24) is 0 Å². The molecule has 2 aromatic rings. The van der Waals surface area contributed by atoms with Crippen LogP contribution in [-0.4, -0.2) is 13.1 Å². The zero-order valence-corrected chi connectivity index (χ0v) is 12.1. The van der Waals surface area contributed by atoms with Gasteiger partial charge in [-0.2, -0.15) is 0 Å². The number of hydrogen-bond donors (Lipinski definition) is 1. The van der Waals surface area contributed by atoms with E-state index in [0.29, 0.717) is 5.56 Å². The molecule has 20 heavy (non-hydrogen) atoms. The second kappa shape index (κ2) is 6.24. The van der Waals surface area contributed by atoms with Crippen molar-refractivity contribution in [3.8, 4) is 0 Å². The van der Waals surface area contributed by atoms with Gasteiger partial charge < -0.3 is 10.1 Å². The highest BCUT2D eigenvalue weighted by Gasteiger charge is 2.04. The molecular weight excluding hydrogens is 250 g/mol. The Morgan fingerprint density at radius 2 is 1.65 bits per heavy atom. The number of methoxy groups -OCH3 is 1. The molecule has 0 heterocycles. The fraction of sp³-hybridized carbons (Fsp3) is 0.235. The Labute approximate surface area is 119 Å². The lowest BCUT2D eigenvalue weighted by atomic mass is 10.1. The second-order valence-electron chi connectivity index (χ2n) is 4.92. The van der Waals surface area contributed by atoms with Crippen molar-refractivity contribution in [1.29, 1.82) is 0 Å². The summed E-state index contributed by atoms with van der Waals surface area (Å²) >= 11 is 0. The smallest absolute Gasteiger partial charge is 0.337 e. The van der Waals surface area contributed by atoms with E-state index in [4.69, 9.17) is 0 Å². The summed E-state index contributed by atoms with van der Waals surface area (Å²) in [7, 11) is 1.39. The van der Waals surface area contributed by atoms with E-state index in [2.05, 4.69) is 42.1 Å². The molecule has 0 amide bonds. The molecule has 0 aliphatic rings. The third-order valence-corrected chi connectivity index (χ3v) is 3.09. The number of carbonyl (C=O) groups is 1. The van der Waals surface area contributed by atoms with Crippen LogP contribution >= 0.6 is 0 Å². The Morgan fingerprint density at radius 1 is 1.05 bits per heavy atom. The number of nitrogens with one attached hydrogen (secondary N) is 1. The van der Waals surface area contributed by atoms with Gasteiger partial charge in [-0.3, -0.25) is 0 Å². The second-order valence-corrected chi connectivity index (χ2v) is 4.92. The fourth-order valence-corrected chi connectivity index (χ4v) is 2.16. The minimum atomic E-state index is -0.307. The summed E-state index contributed by atoms with van der Waals surface area (Å²) in [6, 6.07) is 13.8. The summed E-state index contributed by atoms with van der Waals surface area (Å²) in [4.78, 5) is 11.3. The molecule has 0 saturated carbocycles. The van der Waals surface area contributed by atoms with Crippen molar-refractivity contribution in [3.63, 3.8) is 0 Å². The first-order valence-electron chi connectivity index (χ1n) is 6.58. The van der Waals surface area contributed by atoms with Crippen molar-refractivity contribution >= 4 is 11.7 Å². The maximum Gasteiger partial charge on any atom is 0.337 e.